The van der Waals surface area contributed by atoms with Gasteiger partial charge in [-0.2, -0.15) is 0 Å². The quantitative estimate of drug-likeness (QED) is 0.835. The molecule has 1 aromatic heterocycles. The predicted molar refractivity (Wildman–Crippen MR) is 88.3 cm³/mol. The van der Waals surface area contributed by atoms with Crippen LogP contribution in [0, 0.1) is 0 Å². The van der Waals surface area contributed by atoms with Gasteiger partial charge in [-0.3, -0.25) is 0 Å². The number of thiophene rings is 1. The van der Waals surface area contributed by atoms with E-state index in [1.165, 1.54) is 15.3 Å². The minimum Gasteiger partial charge on any atom is -0.310 e. The first-order valence-electron chi connectivity index (χ1n) is 7.20. The molecule has 108 valence electrons. The molecule has 1 unspecified atom stereocenters. The zero-order valence-electron chi connectivity index (χ0n) is 12.6. The number of aryl methyl sites for hydroxylation is 1. The molecule has 0 spiro atoms. The van der Waals surface area contributed by atoms with Crippen LogP contribution in [0.1, 0.15) is 28.3 Å². The lowest BCUT2D eigenvalue weighted by Crippen LogP contribution is -2.30. The smallest absolute Gasteiger partial charge is 0.0466 e. The molecular formula is C17H24N2S. The summed E-state index contributed by atoms with van der Waals surface area (Å²) in [5.41, 5.74) is 1.37. The van der Waals surface area contributed by atoms with Gasteiger partial charge in [0.25, 0.3) is 0 Å². The lowest BCUT2D eigenvalue weighted by atomic mass is 10.1. The molecule has 2 nitrogen and oxygen atoms in total. The fraction of sp³-hybridized carbons (Fsp3) is 0.412. The van der Waals surface area contributed by atoms with E-state index in [2.05, 4.69) is 73.7 Å². The van der Waals surface area contributed by atoms with Crippen molar-refractivity contribution in [3.8, 4) is 0 Å². The van der Waals surface area contributed by atoms with Crippen LogP contribution in [-0.4, -0.2) is 25.5 Å². The molecule has 0 radical (unpaired) electrons. The minimum atomic E-state index is 0.418. The molecule has 0 aliphatic rings. The summed E-state index contributed by atoms with van der Waals surface area (Å²) >= 11 is 1.91. The summed E-state index contributed by atoms with van der Waals surface area (Å²) < 4.78 is 0. The van der Waals surface area contributed by atoms with Gasteiger partial charge < -0.3 is 10.2 Å². The summed E-state index contributed by atoms with van der Waals surface area (Å²) in [5.74, 6) is 0. The second-order valence-electron chi connectivity index (χ2n) is 5.24. The van der Waals surface area contributed by atoms with Gasteiger partial charge in [0.1, 0.15) is 0 Å². The molecule has 1 heterocycles. The van der Waals surface area contributed by atoms with Crippen LogP contribution in [-0.2, 0) is 13.0 Å². The maximum atomic E-state index is 3.59. The number of benzene rings is 1. The molecule has 0 fully saturated rings. The van der Waals surface area contributed by atoms with Gasteiger partial charge in [0.15, 0.2) is 0 Å². The SMILES string of the molecule is CCc1ccc(CNCC(c2ccccc2)N(C)C)s1. The van der Waals surface area contributed by atoms with Gasteiger partial charge in [-0.25, -0.2) is 0 Å². The normalized spacial score (nSPS) is 12.8. The second kappa shape index (κ2) is 7.58. The third kappa shape index (κ3) is 4.17. The van der Waals surface area contributed by atoms with Gasteiger partial charge in [0.05, 0.1) is 0 Å². The van der Waals surface area contributed by atoms with Crippen molar-refractivity contribution in [1.82, 2.24) is 10.2 Å². The number of hydrogen-bond donors (Lipinski definition) is 1. The van der Waals surface area contributed by atoms with Gasteiger partial charge in [-0.15, -0.1) is 11.3 Å². The van der Waals surface area contributed by atoms with E-state index in [0.29, 0.717) is 6.04 Å². The highest BCUT2D eigenvalue weighted by molar-refractivity contribution is 7.11. The van der Waals surface area contributed by atoms with E-state index in [0.717, 1.165) is 19.5 Å². The monoisotopic (exact) mass is 288 g/mol. The average Bonchev–Trinajstić information content (AvgIpc) is 2.92. The van der Waals surface area contributed by atoms with Crippen LogP contribution in [0.4, 0.5) is 0 Å². The van der Waals surface area contributed by atoms with Crippen LogP contribution in [0.5, 0.6) is 0 Å². The van der Waals surface area contributed by atoms with Crippen LogP contribution in [0.3, 0.4) is 0 Å². The van der Waals surface area contributed by atoms with E-state index in [1.807, 2.05) is 11.3 Å². The Kier molecular flexibility index (Phi) is 5.77. The first kappa shape index (κ1) is 15.2. The fourth-order valence-corrected chi connectivity index (χ4v) is 3.24. The van der Waals surface area contributed by atoms with E-state index in [4.69, 9.17) is 0 Å². The van der Waals surface area contributed by atoms with Crippen molar-refractivity contribution in [3.05, 3.63) is 57.8 Å². The van der Waals surface area contributed by atoms with Crippen LogP contribution in [0.15, 0.2) is 42.5 Å². The zero-order valence-corrected chi connectivity index (χ0v) is 13.4. The average molecular weight is 288 g/mol. The van der Waals surface area contributed by atoms with Gasteiger partial charge >= 0.3 is 0 Å². The predicted octanol–water partition coefficient (Wildman–Crippen LogP) is 3.70. The van der Waals surface area contributed by atoms with E-state index in [1.54, 1.807) is 0 Å². The van der Waals surface area contributed by atoms with Gasteiger partial charge in [-0.1, -0.05) is 37.3 Å². The Morgan fingerprint density at radius 1 is 1.05 bits per heavy atom. The Morgan fingerprint density at radius 3 is 2.35 bits per heavy atom. The molecule has 0 saturated carbocycles. The third-order valence-electron chi connectivity index (χ3n) is 3.51. The molecule has 0 aliphatic heterocycles. The number of rotatable bonds is 7. The molecule has 0 amide bonds. The standard InChI is InChI=1S/C17H24N2S/c1-4-15-10-11-16(20-15)12-18-13-17(19(2)3)14-8-6-5-7-9-14/h5-11,17-18H,4,12-13H2,1-3H3. The molecule has 1 N–H and O–H groups in total. The number of nitrogens with one attached hydrogen (secondary N) is 1. The van der Waals surface area contributed by atoms with E-state index < -0.39 is 0 Å². The first-order valence-corrected chi connectivity index (χ1v) is 8.02. The fourth-order valence-electron chi connectivity index (χ4n) is 2.31. The highest BCUT2D eigenvalue weighted by Crippen LogP contribution is 2.19. The molecule has 3 heteroatoms. The van der Waals surface area contributed by atoms with Crippen molar-refractivity contribution in [2.24, 2.45) is 0 Å². The molecule has 20 heavy (non-hydrogen) atoms. The van der Waals surface area contributed by atoms with Crippen molar-refractivity contribution >= 4 is 11.3 Å². The third-order valence-corrected chi connectivity index (χ3v) is 4.74. The van der Waals surface area contributed by atoms with Crippen LogP contribution >= 0.6 is 11.3 Å². The molecule has 1 aromatic carbocycles. The van der Waals surface area contributed by atoms with Crippen molar-refractivity contribution in [2.75, 3.05) is 20.6 Å². The molecule has 0 bridgehead atoms. The second-order valence-corrected chi connectivity index (χ2v) is 6.50. The highest BCUT2D eigenvalue weighted by atomic mass is 32.1. The molecular weight excluding hydrogens is 264 g/mol. The summed E-state index contributed by atoms with van der Waals surface area (Å²) in [4.78, 5) is 5.16. The number of hydrogen-bond acceptors (Lipinski definition) is 3. The van der Waals surface area contributed by atoms with Gasteiger partial charge in [0.2, 0.25) is 0 Å². The Bertz CT molecular complexity index is 505. The van der Waals surface area contributed by atoms with E-state index in [9.17, 15) is 0 Å². The highest BCUT2D eigenvalue weighted by Gasteiger charge is 2.13. The summed E-state index contributed by atoms with van der Waals surface area (Å²) in [6.07, 6.45) is 1.13. The largest absolute Gasteiger partial charge is 0.310 e. The molecule has 2 rings (SSSR count). The Balaban J connectivity index is 1.90. The van der Waals surface area contributed by atoms with E-state index in [-0.39, 0.29) is 0 Å². The molecule has 1 atom stereocenters. The maximum absolute atomic E-state index is 3.59. The van der Waals surface area contributed by atoms with Crippen molar-refractivity contribution < 1.29 is 0 Å². The Hall–Kier alpha value is -1.16. The lowest BCUT2D eigenvalue weighted by molar-refractivity contribution is 0.288. The number of likely N-dealkylation sites (N-methyl/N-ethyl adjacent to an activating group) is 1. The summed E-state index contributed by atoms with van der Waals surface area (Å²) in [6.45, 7) is 4.14. The van der Waals surface area contributed by atoms with Gasteiger partial charge in [-0.05, 0) is 38.2 Å². The maximum Gasteiger partial charge on any atom is 0.0466 e. The van der Waals surface area contributed by atoms with Crippen molar-refractivity contribution in [3.63, 3.8) is 0 Å². The summed E-state index contributed by atoms with van der Waals surface area (Å²) in [7, 11) is 4.28. The summed E-state index contributed by atoms with van der Waals surface area (Å²) in [6, 6.07) is 15.6. The van der Waals surface area contributed by atoms with Crippen LogP contribution < -0.4 is 5.32 Å². The molecule has 2 aromatic rings. The van der Waals surface area contributed by atoms with Crippen LogP contribution in [0.2, 0.25) is 0 Å². The van der Waals surface area contributed by atoms with Crippen molar-refractivity contribution in [1.29, 1.82) is 0 Å². The minimum absolute atomic E-state index is 0.418. The zero-order chi connectivity index (χ0) is 14.4. The van der Waals surface area contributed by atoms with Crippen molar-refractivity contribution in [2.45, 2.75) is 25.9 Å². The Morgan fingerprint density at radius 2 is 1.75 bits per heavy atom. The Labute approximate surface area is 126 Å². The number of nitrogens with zero attached hydrogens (tertiary/aromatic N) is 1. The van der Waals surface area contributed by atoms with E-state index >= 15 is 0 Å². The molecule has 0 saturated heterocycles. The summed E-state index contributed by atoms with van der Waals surface area (Å²) in [5, 5.41) is 3.59. The first-order chi connectivity index (χ1) is 9.70. The molecule has 0 aliphatic carbocycles. The van der Waals surface area contributed by atoms with Gasteiger partial charge in [0, 0.05) is 28.9 Å². The topological polar surface area (TPSA) is 15.3 Å². The lowest BCUT2D eigenvalue weighted by Gasteiger charge is -2.25. The van der Waals surface area contributed by atoms with Crippen LogP contribution in [0.25, 0.3) is 0 Å².